The van der Waals surface area contributed by atoms with Crippen LogP contribution in [0.1, 0.15) is 128 Å². The fraction of sp³-hybridized carbons (Fsp3) is 0.611. The number of unbranched alkanes of at least 4 members (excludes halogenated alkanes) is 11. The van der Waals surface area contributed by atoms with Crippen molar-refractivity contribution < 1.29 is 0 Å². The van der Waals surface area contributed by atoms with E-state index in [9.17, 15) is 0 Å². The van der Waals surface area contributed by atoms with Crippen LogP contribution in [0.25, 0.3) is 0 Å². The zero-order valence-electron chi connectivity index (χ0n) is 24.9. The molecule has 0 spiro atoms. The standard InChI is InChI=1S/C36H56N2/c1-4-7-9-10-11-12-13-14-15-23-29-38-31-30-37(28-22-8-5-2)36(38,32-33-24-18-16-19-25-33)35(6-3)34-26-20-17-21-27-34/h16-21,24-27,30-31,35H,4-15,22-23,28-29,32H2,1-3H3. The highest BCUT2D eigenvalue weighted by atomic mass is 15.4. The minimum atomic E-state index is -0.0511. The lowest BCUT2D eigenvalue weighted by molar-refractivity contribution is -0.00373. The van der Waals surface area contributed by atoms with Crippen molar-refractivity contribution >= 4 is 0 Å². The molecule has 38 heavy (non-hydrogen) atoms. The Labute approximate surface area is 235 Å². The second-order valence-corrected chi connectivity index (χ2v) is 11.5. The van der Waals surface area contributed by atoms with Gasteiger partial charge in [0.25, 0.3) is 0 Å². The molecule has 0 fully saturated rings. The van der Waals surface area contributed by atoms with Crippen molar-refractivity contribution in [1.29, 1.82) is 0 Å². The topological polar surface area (TPSA) is 6.48 Å². The van der Waals surface area contributed by atoms with Gasteiger partial charge in [0.2, 0.25) is 0 Å². The van der Waals surface area contributed by atoms with E-state index in [1.54, 1.807) is 0 Å². The molecule has 2 unspecified atom stereocenters. The van der Waals surface area contributed by atoms with Crippen LogP contribution in [0.15, 0.2) is 73.1 Å². The molecule has 2 aromatic rings. The lowest BCUT2D eigenvalue weighted by Gasteiger charge is -2.51. The van der Waals surface area contributed by atoms with Gasteiger partial charge in [-0.05, 0) is 30.4 Å². The van der Waals surface area contributed by atoms with Crippen LogP contribution in [0.5, 0.6) is 0 Å². The Morgan fingerprint density at radius 3 is 1.53 bits per heavy atom. The predicted molar refractivity (Wildman–Crippen MR) is 166 cm³/mol. The molecule has 0 saturated carbocycles. The second-order valence-electron chi connectivity index (χ2n) is 11.5. The SMILES string of the molecule is CCCCCCCCCCCCN1C=CN(CCCCC)C1(Cc1ccccc1)C(CC)c1ccccc1. The van der Waals surface area contributed by atoms with Crippen molar-refractivity contribution in [2.45, 2.75) is 129 Å². The summed E-state index contributed by atoms with van der Waals surface area (Å²) in [5.41, 5.74) is 2.87. The van der Waals surface area contributed by atoms with Gasteiger partial charge in [-0.3, -0.25) is 0 Å². The molecule has 0 aromatic heterocycles. The molecule has 0 amide bonds. The molecule has 1 aliphatic rings. The molecule has 0 aliphatic carbocycles. The monoisotopic (exact) mass is 516 g/mol. The first kappa shape index (κ1) is 30.3. The minimum absolute atomic E-state index is 0.0511. The van der Waals surface area contributed by atoms with E-state index in [1.165, 1.54) is 94.6 Å². The van der Waals surface area contributed by atoms with Gasteiger partial charge in [-0.25, -0.2) is 0 Å². The molecule has 1 aliphatic heterocycles. The van der Waals surface area contributed by atoms with E-state index in [1.807, 2.05) is 0 Å². The molecule has 0 saturated heterocycles. The fourth-order valence-corrected chi connectivity index (χ4v) is 6.56. The summed E-state index contributed by atoms with van der Waals surface area (Å²) < 4.78 is 0. The predicted octanol–water partition coefficient (Wildman–Crippen LogP) is 10.3. The third-order valence-electron chi connectivity index (χ3n) is 8.65. The highest BCUT2D eigenvalue weighted by Gasteiger charge is 2.49. The molecule has 2 aromatic carbocycles. The zero-order chi connectivity index (χ0) is 26.9. The number of benzene rings is 2. The van der Waals surface area contributed by atoms with Crippen molar-refractivity contribution in [3.05, 3.63) is 84.2 Å². The van der Waals surface area contributed by atoms with E-state index in [4.69, 9.17) is 0 Å². The first-order valence-electron chi connectivity index (χ1n) is 16.1. The highest BCUT2D eigenvalue weighted by Crippen LogP contribution is 2.45. The van der Waals surface area contributed by atoms with Crippen LogP contribution in [0.4, 0.5) is 0 Å². The van der Waals surface area contributed by atoms with Gasteiger partial charge < -0.3 is 9.80 Å². The van der Waals surface area contributed by atoms with Crippen molar-refractivity contribution in [3.8, 4) is 0 Å². The van der Waals surface area contributed by atoms with Crippen LogP contribution < -0.4 is 0 Å². The lowest BCUT2D eigenvalue weighted by atomic mass is 9.78. The van der Waals surface area contributed by atoms with Crippen LogP contribution >= 0.6 is 0 Å². The van der Waals surface area contributed by atoms with Gasteiger partial charge in [0.15, 0.2) is 0 Å². The summed E-state index contributed by atoms with van der Waals surface area (Å²) in [4.78, 5) is 5.48. The van der Waals surface area contributed by atoms with Gasteiger partial charge in [0.05, 0.1) is 0 Å². The summed E-state index contributed by atoms with van der Waals surface area (Å²) in [7, 11) is 0. The van der Waals surface area contributed by atoms with E-state index in [0.717, 1.165) is 25.9 Å². The Kier molecular flexibility index (Phi) is 13.9. The number of hydrogen-bond acceptors (Lipinski definition) is 2. The molecular formula is C36H56N2. The highest BCUT2D eigenvalue weighted by molar-refractivity contribution is 5.30. The van der Waals surface area contributed by atoms with E-state index in [0.29, 0.717) is 5.92 Å². The maximum atomic E-state index is 2.75. The van der Waals surface area contributed by atoms with Crippen molar-refractivity contribution in [3.63, 3.8) is 0 Å². The summed E-state index contributed by atoms with van der Waals surface area (Å²) in [6.07, 6.45) is 24.8. The quantitative estimate of drug-likeness (QED) is 0.161. The van der Waals surface area contributed by atoms with Gasteiger partial charge >= 0.3 is 0 Å². The molecule has 2 nitrogen and oxygen atoms in total. The molecular weight excluding hydrogens is 460 g/mol. The maximum Gasteiger partial charge on any atom is 0.123 e. The van der Waals surface area contributed by atoms with E-state index in [2.05, 4.69) is 104 Å². The summed E-state index contributed by atoms with van der Waals surface area (Å²) in [6, 6.07) is 22.6. The zero-order valence-corrected chi connectivity index (χ0v) is 24.9. The molecule has 210 valence electrons. The van der Waals surface area contributed by atoms with Crippen LogP contribution in [0.2, 0.25) is 0 Å². The summed E-state index contributed by atoms with van der Waals surface area (Å²) >= 11 is 0. The van der Waals surface area contributed by atoms with Crippen molar-refractivity contribution in [1.82, 2.24) is 9.80 Å². The van der Waals surface area contributed by atoms with Gasteiger partial charge in [-0.2, -0.15) is 0 Å². The molecule has 0 bridgehead atoms. The Balaban J connectivity index is 1.75. The molecule has 2 heteroatoms. The number of hydrogen-bond donors (Lipinski definition) is 0. The minimum Gasteiger partial charge on any atom is -0.353 e. The second kappa shape index (κ2) is 17.4. The average molecular weight is 517 g/mol. The fourth-order valence-electron chi connectivity index (χ4n) is 6.56. The number of rotatable bonds is 20. The smallest absolute Gasteiger partial charge is 0.123 e. The van der Waals surface area contributed by atoms with Gasteiger partial charge in [-0.1, -0.05) is 152 Å². The largest absolute Gasteiger partial charge is 0.353 e. The molecule has 1 heterocycles. The number of nitrogens with zero attached hydrogens (tertiary/aromatic N) is 2. The first-order chi connectivity index (χ1) is 18.8. The molecule has 0 N–H and O–H groups in total. The van der Waals surface area contributed by atoms with Gasteiger partial charge in [0, 0.05) is 37.8 Å². The van der Waals surface area contributed by atoms with Crippen molar-refractivity contribution in [2.24, 2.45) is 0 Å². The summed E-state index contributed by atoms with van der Waals surface area (Å²) in [5.74, 6) is 0.448. The summed E-state index contributed by atoms with van der Waals surface area (Å²) in [6.45, 7) is 9.29. The van der Waals surface area contributed by atoms with Crippen LogP contribution in [-0.4, -0.2) is 28.6 Å². The van der Waals surface area contributed by atoms with Crippen LogP contribution in [-0.2, 0) is 6.42 Å². The normalized spacial score (nSPS) is 17.9. The van der Waals surface area contributed by atoms with Gasteiger partial charge in [0.1, 0.15) is 5.66 Å². The maximum absolute atomic E-state index is 2.75. The Morgan fingerprint density at radius 2 is 1.00 bits per heavy atom. The first-order valence-corrected chi connectivity index (χ1v) is 16.1. The van der Waals surface area contributed by atoms with Crippen LogP contribution in [0.3, 0.4) is 0 Å². The third kappa shape index (κ3) is 8.65. The van der Waals surface area contributed by atoms with Gasteiger partial charge in [-0.15, -0.1) is 0 Å². The van der Waals surface area contributed by atoms with E-state index < -0.39 is 0 Å². The average Bonchev–Trinajstić information content (AvgIpc) is 3.28. The third-order valence-corrected chi connectivity index (χ3v) is 8.65. The Morgan fingerprint density at radius 1 is 0.553 bits per heavy atom. The Hall–Kier alpha value is -2.22. The van der Waals surface area contributed by atoms with Crippen molar-refractivity contribution in [2.75, 3.05) is 13.1 Å². The molecule has 3 rings (SSSR count). The lowest BCUT2D eigenvalue weighted by Crippen LogP contribution is -2.59. The Bertz CT molecular complexity index is 877. The van der Waals surface area contributed by atoms with Crippen LogP contribution in [0, 0.1) is 0 Å². The van der Waals surface area contributed by atoms with E-state index >= 15 is 0 Å². The van der Waals surface area contributed by atoms with E-state index in [-0.39, 0.29) is 5.66 Å². The molecule has 0 radical (unpaired) electrons. The molecule has 2 atom stereocenters. The summed E-state index contributed by atoms with van der Waals surface area (Å²) in [5, 5.41) is 0.